The lowest BCUT2D eigenvalue weighted by atomic mass is 9.74. The largest absolute Gasteiger partial charge is 0.493 e. The predicted octanol–water partition coefficient (Wildman–Crippen LogP) is 6.38. The number of carbonyl (C=O) groups is 1. The maximum atomic E-state index is 12.9. The van der Waals surface area contributed by atoms with Crippen molar-refractivity contribution in [3.8, 4) is 11.5 Å². The minimum absolute atomic E-state index is 0.220. The van der Waals surface area contributed by atoms with Crippen LogP contribution < -0.4 is 9.47 Å². The Balaban J connectivity index is 1.29. The van der Waals surface area contributed by atoms with Gasteiger partial charge in [-0.3, -0.25) is 9.78 Å². The zero-order valence-corrected chi connectivity index (χ0v) is 19.3. The van der Waals surface area contributed by atoms with Gasteiger partial charge >= 0.3 is 0 Å². The molecule has 1 atom stereocenters. The predicted molar refractivity (Wildman–Crippen MR) is 127 cm³/mol. The van der Waals surface area contributed by atoms with Crippen molar-refractivity contribution in [3.05, 3.63) is 64.8 Å². The van der Waals surface area contributed by atoms with E-state index in [1.165, 1.54) is 5.56 Å². The lowest BCUT2D eigenvalue weighted by molar-refractivity contribution is -0.120. The number of Topliss-reactive ketones (excluding diaryl/α,β-unsaturated/α-hetero) is 1. The van der Waals surface area contributed by atoms with E-state index < -0.39 is 0 Å². The molecule has 0 N–H and O–H groups in total. The number of fused-ring (bicyclic) bond motifs is 1. The fourth-order valence-electron chi connectivity index (χ4n) is 5.64. The summed E-state index contributed by atoms with van der Waals surface area (Å²) in [5.41, 5.74) is 3.55. The Morgan fingerprint density at radius 1 is 1.06 bits per heavy atom. The molecule has 2 saturated carbocycles. The number of pyridine rings is 1. The van der Waals surface area contributed by atoms with E-state index in [-0.39, 0.29) is 11.3 Å². The van der Waals surface area contributed by atoms with Crippen LogP contribution in [0.4, 0.5) is 0 Å². The first-order chi connectivity index (χ1) is 15.5. The minimum Gasteiger partial charge on any atom is -0.493 e. The zero-order valence-electron chi connectivity index (χ0n) is 18.6. The van der Waals surface area contributed by atoms with E-state index in [1.807, 2.05) is 36.5 Å². The Morgan fingerprint density at radius 3 is 2.44 bits per heavy atom. The van der Waals surface area contributed by atoms with Crippen LogP contribution in [0.2, 0.25) is 5.02 Å². The highest BCUT2D eigenvalue weighted by Crippen LogP contribution is 2.63. The average Bonchev–Trinajstić information content (AvgIpc) is 3.53. The molecule has 1 aromatic heterocycles. The summed E-state index contributed by atoms with van der Waals surface area (Å²) in [7, 11) is 3.31. The third-order valence-electron chi connectivity index (χ3n) is 7.57. The summed E-state index contributed by atoms with van der Waals surface area (Å²) in [4.78, 5) is 17.5. The summed E-state index contributed by atoms with van der Waals surface area (Å²) < 4.78 is 11.0. The van der Waals surface area contributed by atoms with E-state index in [1.54, 1.807) is 14.2 Å². The molecule has 2 aliphatic rings. The molecule has 0 radical (unpaired) electrons. The van der Waals surface area contributed by atoms with Crippen LogP contribution in [0.25, 0.3) is 10.9 Å². The SMILES string of the molecule is COc1cc2nccc(C3CCC4(CC3)C[C@@H]4C(=O)Cc3ccc(Cl)cc3)c2cc1OC. The average molecular weight is 450 g/mol. The molecule has 5 rings (SSSR count). The molecule has 5 heteroatoms. The van der Waals surface area contributed by atoms with Gasteiger partial charge in [0, 0.05) is 35.0 Å². The van der Waals surface area contributed by atoms with Crippen LogP contribution in [-0.2, 0) is 11.2 Å². The van der Waals surface area contributed by atoms with Gasteiger partial charge in [0.25, 0.3) is 0 Å². The summed E-state index contributed by atoms with van der Waals surface area (Å²) in [5, 5.41) is 1.85. The number of hydrogen-bond donors (Lipinski definition) is 0. The van der Waals surface area contributed by atoms with Crippen LogP contribution in [0.15, 0.2) is 48.7 Å². The summed E-state index contributed by atoms with van der Waals surface area (Å²) >= 11 is 5.97. The van der Waals surface area contributed by atoms with Crippen molar-refractivity contribution in [1.82, 2.24) is 4.98 Å². The molecule has 0 aliphatic heterocycles. The second-order valence-electron chi connectivity index (χ2n) is 9.29. The van der Waals surface area contributed by atoms with Gasteiger partial charge in [0.15, 0.2) is 11.5 Å². The van der Waals surface area contributed by atoms with E-state index in [9.17, 15) is 4.79 Å². The van der Waals surface area contributed by atoms with Gasteiger partial charge in [-0.1, -0.05) is 23.7 Å². The first-order valence-electron chi connectivity index (χ1n) is 11.3. The van der Waals surface area contributed by atoms with Crippen LogP contribution in [0, 0.1) is 11.3 Å². The standard InChI is InChI=1S/C27H28ClNO3/c1-31-25-14-21-20(9-12-29-23(21)15-26(25)32-2)18-7-10-27(11-8-18)16-22(27)24(30)13-17-3-5-19(28)6-4-17/h3-6,9,12,14-15,18,22H,7-8,10-11,13,16H2,1-2H3/t18?,22-,27?/m1/s1. The number of methoxy groups -OCH3 is 2. The molecule has 0 bridgehead atoms. The van der Waals surface area contributed by atoms with Gasteiger partial charge in [-0.05, 0) is 78.8 Å². The lowest BCUT2D eigenvalue weighted by Crippen LogP contribution is -2.20. The van der Waals surface area contributed by atoms with Crippen molar-refractivity contribution in [2.75, 3.05) is 14.2 Å². The van der Waals surface area contributed by atoms with Crippen molar-refractivity contribution in [2.24, 2.45) is 11.3 Å². The van der Waals surface area contributed by atoms with Crippen molar-refractivity contribution in [2.45, 2.75) is 44.4 Å². The van der Waals surface area contributed by atoms with Gasteiger partial charge in [-0.15, -0.1) is 0 Å². The Labute approximate surface area is 193 Å². The molecule has 0 unspecified atom stereocenters. The molecular formula is C27H28ClNO3. The van der Waals surface area contributed by atoms with E-state index >= 15 is 0 Å². The lowest BCUT2D eigenvalue weighted by Gasteiger charge is -2.30. The molecule has 2 aliphatic carbocycles. The van der Waals surface area contributed by atoms with Crippen LogP contribution in [0.5, 0.6) is 11.5 Å². The molecular weight excluding hydrogens is 422 g/mol. The highest BCUT2D eigenvalue weighted by molar-refractivity contribution is 6.30. The van der Waals surface area contributed by atoms with Gasteiger partial charge in [-0.25, -0.2) is 0 Å². The third-order valence-corrected chi connectivity index (χ3v) is 7.82. The fourth-order valence-corrected chi connectivity index (χ4v) is 5.76. The van der Waals surface area contributed by atoms with Gasteiger partial charge < -0.3 is 9.47 Å². The number of rotatable bonds is 6. The van der Waals surface area contributed by atoms with E-state index in [0.29, 0.717) is 28.9 Å². The molecule has 1 heterocycles. The zero-order chi connectivity index (χ0) is 22.3. The number of aromatic nitrogens is 1. The van der Waals surface area contributed by atoms with Crippen molar-refractivity contribution in [3.63, 3.8) is 0 Å². The normalized spacial score (nSPS) is 24.5. The number of ether oxygens (including phenoxy) is 2. The Hall–Kier alpha value is -2.59. The highest BCUT2D eigenvalue weighted by Gasteiger charge is 2.57. The number of nitrogens with zero attached hydrogens (tertiary/aromatic N) is 1. The second-order valence-corrected chi connectivity index (χ2v) is 9.72. The molecule has 2 fully saturated rings. The van der Waals surface area contributed by atoms with Gasteiger partial charge in [0.05, 0.1) is 19.7 Å². The maximum Gasteiger partial charge on any atom is 0.162 e. The molecule has 0 amide bonds. The molecule has 32 heavy (non-hydrogen) atoms. The topological polar surface area (TPSA) is 48.4 Å². The second kappa shape index (κ2) is 8.40. The van der Waals surface area contributed by atoms with Crippen LogP contribution in [0.3, 0.4) is 0 Å². The summed E-state index contributed by atoms with van der Waals surface area (Å²) in [6.07, 6.45) is 7.91. The Kier molecular flexibility index (Phi) is 5.58. The van der Waals surface area contributed by atoms with Crippen molar-refractivity contribution in [1.29, 1.82) is 0 Å². The Morgan fingerprint density at radius 2 is 1.75 bits per heavy atom. The van der Waals surface area contributed by atoms with Gasteiger partial charge in [-0.2, -0.15) is 0 Å². The summed E-state index contributed by atoms with van der Waals surface area (Å²) in [6, 6.07) is 13.8. The number of halogens is 1. The van der Waals surface area contributed by atoms with Gasteiger partial charge in [0.2, 0.25) is 0 Å². The molecule has 1 spiro atoms. The number of hydrogen-bond acceptors (Lipinski definition) is 4. The Bertz CT molecular complexity index is 1150. The molecule has 3 aromatic rings. The van der Waals surface area contributed by atoms with Crippen LogP contribution in [-0.4, -0.2) is 25.0 Å². The molecule has 166 valence electrons. The van der Waals surface area contributed by atoms with Gasteiger partial charge in [0.1, 0.15) is 5.78 Å². The minimum atomic E-state index is 0.220. The number of ketones is 1. The number of benzene rings is 2. The maximum absolute atomic E-state index is 12.9. The van der Waals surface area contributed by atoms with Crippen molar-refractivity contribution >= 4 is 28.3 Å². The number of carbonyl (C=O) groups excluding carboxylic acids is 1. The van der Waals surface area contributed by atoms with Crippen molar-refractivity contribution < 1.29 is 14.3 Å². The molecule has 4 nitrogen and oxygen atoms in total. The summed E-state index contributed by atoms with van der Waals surface area (Å²) in [6.45, 7) is 0. The third kappa shape index (κ3) is 3.86. The van der Waals surface area contributed by atoms with Crippen LogP contribution >= 0.6 is 11.6 Å². The quantitative estimate of drug-likeness (QED) is 0.438. The van der Waals surface area contributed by atoms with E-state index in [0.717, 1.165) is 54.3 Å². The fraction of sp³-hybridized carbons (Fsp3) is 0.407. The smallest absolute Gasteiger partial charge is 0.162 e. The first kappa shape index (κ1) is 21.3. The first-order valence-corrected chi connectivity index (χ1v) is 11.7. The van der Waals surface area contributed by atoms with Crippen LogP contribution in [0.1, 0.15) is 49.1 Å². The molecule has 2 aromatic carbocycles. The molecule has 0 saturated heterocycles. The monoisotopic (exact) mass is 449 g/mol. The highest BCUT2D eigenvalue weighted by atomic mass is 35.5. The van der Waals surface area contributed by atoms with E-state index in [2.05, 4.69) is 17.1 Å². The van der Waals surface area contributed by atoms with E-state index in [4.69, 9.17) is 21.1 Å². The summed E-state index contributed by atoms with van der Waals surface area (Å²) in [5.74, 6) is 2.52.